The molecule has 0 spiro atoms. The number of hydrogen-bond donors (Lipinski definition) is 1. The van der Waals surface area contributed by atoms with Crippen LogP contribution < -0.4 is 10.2 Å². The first kappa shape index (κ1) is 20.0. The maximum Gasteiger partial charge on any atom is 0.239 e. The minimum atomic E-state index is -0.0259. The predicted molar refractivity (Wildman–Crippen MR) is 123 cm³/mol. The summed E-state index contributed by atoms with van der Waals surface area (Å²) >= 11 is 1.58. The minimum Gasteiger partial charge on any atom is -0.355 e. The number of rotatable bonds is 7. The molecule has 0 radical (unpaired) electrons. The van der Waals surface area contributed by atoms with Gasteiger partial charge in [0.2, 0.25) is 5.91 Å². The van der Waals surface area contributed by atoms with Gasteiger partial charge >= 0.3 is 0 Å². The van der Waals surface area contributed by atoms with Gasteiger partial charge in [0.25, 0.3) is 0 Å². The van der Waals surface area contributed by atoms with Crippen LogP contribution in [0.3, 0.4) is 0 Å². The van der Waals surface area contributed by atoms with Crippen LogP contribution in [0.1, 0.15) is 13.3 Å². The topological polar surface area (TPSA) is 71.0 Å². The fourth-order valence-electron chi connectivity index (χ4n) is 3.25. The van der Waals surface area contributed by atoms with Gasteiger partial charge in [0.05, 0.1) is 11.9 Å². The number of hydrogen-bond acceptors (Lipinski definition) is 6. The van der Waals surface area contributed by atoms with Gasteiger partial charge in [0, 0.05) is 30.7 Å². The Morgan fingerprint density at radius 2 is 1.90 bits per heavy atom. The Morgan fingerprint density at radius 1 is 1.10 bits per heavy atom. The molecule has 6 nitrogen and oxygen atoms in total. The van der Waals surface area contributed by atoms with Gasteiger partial charge in [-0.3, -0.25) is 9.78 Å². The zero-order valence-corrected chi connectivity index (χ0v) is 17.8. The molecular weight excluding hydrogens is 394 g/mol. The van der Waals surface area contributed by atoms with E-state index in [-0.39, 0.29) is 12.5 Å². The number of pyridine rings is 1. The third-order valence-corrected chi connectivity index (χ3v) is 5.58. The van der Waals surface area contributed by atoms with Crippen molar-refractivity contribution < 1.29 is 4.79 Å². The SMILES string of the molecule is CCCNC(=O)CN(C)c1nc(-c2ccccn2)nc2scc(-c3ccccc3)c12. The molecule has 1 N–H and O–H groups in total. The lowest BCUT2D eigenvalue weighted by Gasteiger charge is -2.20. The van der Waals surface area contributed by atoms with Gasteiger partial charge in [0.1, 0.15) is 16.3 Å². The highest BCUT2D eigenvalue weighted by atomic mass is 32.1. The molecule has 1 aromatic carbocycles. The van der Waals surface area contributed by atoms with Crippen LogP contribution >= 0.6 is 11.3 Å². The number of likely N-dealkylation sites (N-methyl/N-ethyl adjacent to an activating group) is 1. The Hall–Kier alpha value is -3.32. The monoisotopic (exact) mass is 417 g/mol. The predicted octanol–water partition coefficient (Wildman–Crippen LogP) is 4.38. The normalized spacial score (nSPS) is 10.9. The first-order chi connectivity index (χ1) is 14.7. The number of carbonyl (C=O) groups is 1. The van der Waals surface area contributed by atoms with E-state index >= 15 is 0 Å². The van der Waals surface area contributed by atoms with Crippen molar-refractivity contribution in [2.45, 2.75) is 13.3 Å². The number of fused-ring (bicyclic) bond motifs is 1. The summed E-state index contributed by atoms with van der Waals surface area (Å²) in [5.41, 5.74) is 2.88. The number of anilines is 1. The maximum atomic E-state index is 12.4. The molecular formula is C23H23N5OS. The molecule has 3 heterocycles. The molecule has 0 aliphatic rings. The number of nitrogens with one attached hydrogen (secondary N) is 1. The van der Waals surface area contributed by atoms with Crippen LogP contribution in [-0.4, -0.2) is 41.0 Å². The van der Waals surface area contributed by atoms with E-state index in [9.17, 15) is 4.79 Å². The fourth-order valence-corrected chi connectivity index (χ4v) is 4.19. The van der Waals surface area contributed by atoms with Crippen LogP contribution in [0.25, 0.3) is 32.9 Å². The van der Waals surface area contributed by atoms with Crippen molar-refractivity contribution in [1.82, 2.24) is 20.3 Å². The molecule has 4 rings (SSSR count). The second-order valence-corrected chi connectivity index (χ2v) is 7.85. The highest BCUT2D eigenvalue weighted by Crippen LogP contribution is 2.39. The molecule has 4 aromatic rings. The largest absolute Gasteiger partial charge is 0.355 e. The van der Waals surface area contributed by atoms with Crippen LogP contribution in [0.15, 0.2) is 60.1 Å². The lowest BCUT2D eigenvalue weighted by atomic mass is 10.1. The van der Waals surface area contributed by atoms with E-state index in [1.165, 1.54) is 0 Å². The van der Waals surface area contributed by atoms with Gasteiger partial charge in [-0.2, -0.15) is 0 Å². The van der Waals surface area contributed by atoms with Crippen molar-refractivity contribution in [3.63, 3.8) is 0 Å². The summed E-state index contributed by atoms with van der Waals surface area (Å²) in [4.78, 5) is 29.2. The minimum absolute atomic E-state index is 0.0259. The van der Waals surface area contributed by atoms with Crippen molar-refractivity contribution in [2.24, 2.45) is 0 Å². The molecule has 30 heavy (non-hydrogen) atoms. The van der Waals surface area contributed by atoms with Gasteiger partial charge < -0.3 is 10.2 Å². The molecule has 0 aliphatic carbocycles. The molecule has 3 aromatic heterocycles. The van der Waals surface area contributed by atoms with Gasteiger partial charge in [-0.05, 0) is 24.1 Å². The molecule has 0 fully saturated rings. The van der Waals surface area contributed by atoms with Gasteiger partial charge in [-0.25, -0.2) is 9.97 Å². The summed E-state index contributed by atoms with van der Waals surface area (Å²) in [5.74, 6) is 1.26. The Bertz CT molecular complexity index is 1140. The van der Waals surface area contributed by atoms with E-state index < -0.39 is 0 Å². The Morgan fingerprint density at radius 3 is 2.63 bits per heavy atom. The average Bonchev–Trinajstić information content (AvgIpc) is 3.22. The number of aromatic nitrogens is 3. The molecule has 152 valence electrons. The highest BCUT2D eigenvalue weighted by molar-refractivity contribution is 7.17. The average molecular weight is 418 g/mol. The Labute approximate surface area is 179 Å². The molecule has 0 saturated heterocycles. The second-order valence-electron chi connectivity index (χ2n) is 6.99. The van der Waals surface area contributed by atoms with Crippen LogP contribution in [-0.2, 0) is 4.79 Å². The Balaban J connectivity index is 1.83. The lowest BCUT2D eigenvalue weighted by Crippen LogP contribution is -2.36. The molecule has 0 atom stereocenters. The van der Waals surface area contributed by atoms with Crippen molar-refractivity contribution in [3.05, 3.63) is 60.1 Å². The second kappa shape index (κ2) is 9.00. The summed E-state index contributed by atoms with van der Waals surface area (Å²) in [6, 6.07) is 15.9. The molecule has 0 aliphatic heterocycles. The maximum absolute atomic E-state index is 12.4. The summed E-state index contributed by atoms with van der Waals surface area (Å²) in [6.45, 7) is 2.92. The number of amides is 1. The quantitative estimate of drug-likeness (QED) is 0.483. The number of nitrogens with zero attached hydrogens (tertiary/aromatic N) is 4. The van der Waals surface area contributed by atoms with Crippen molar-refractivity contribution >= 4 is 33.3 Å². The zero-order chi connectivity index (χ0) is 20.9. The van der Waals surface area contributed by atoms with Crippen molar-refractivity contribution in [1.29, 1.82) is 0 Å². The van der Waals surface area contributed by atoms with E-state index in [1.54, 1.807) is 17.5 Å². The van der Waals surface area contributed by atoms with Crippen LogP contribution in [0, 0.1) is 0 Å². The van der Waals surface area contributed by atoms with Gasteiger partial charge in [-0.15, -0.1) is 11.3 Å². The summed E-state index contributed by atoms with van der Waals surface area (Å²) in [6.07, 6.45) is 2.63. The van der Waals surface area contributed by atoms with Crippen LogP contribution in [0.2, 0.25) is 0 Å². The summed E-state index contributed by atoms with van der Waals surface area (Å²) in [7, 11) is 1.89. The van der Waals surface area contributed by atoms with E-state index in [0.29, 0.717) is 18.1 Å². The number of carbonyl (C=O) groups excluding carboxylic acids is 1. The Kier molecular flexibility index (Phi) is 5.99. The van der Waals surface area contributed by atoms with Gasteiger partial charge in [-0.1, -0.05) is 43.3 Å². The van der Waals surface area contributed by atoms with Crippen molar-refractivity contribution in [2.75, 3.05) is 25.0 Å². The molecule has 7 heteroatoms. The third kappa shape index (κ3) is 4.16. The molecule has 0 bridgehead atoms. The standard InChI is InChI=1S/C23H23N5OS/c1-3-12-25-19(29)14-28(2)22-20-17(16-9-5-4-6-10-16)15-30-23(20)27-21(26-22)18-11-7-8-13-24-18/h4-11,13,15H,3,12,14H2,1-2H3,(H,25,29). The lowest BCUT2D eigenvalue weighted by molar-refractivity contribution is -0.119. The summed E-state index contributed by atoms with van der Waals surface area (Å²) < 4.78 is 0. The van der Waals surface area contributed by atoms with Crippen molar-refractivity contribution in [3.8, 4) is 22.6 Å². The first-order valence-electron chi connectivity index (χ1n) is 9.91. The van der Waals surface area contributed by atoms with E-state index in [1.807, 2.05) is 55.3 Å². The van der Waals surface area contributed by atoms with E-state index in [2.05, 4.69) is 27.8 Å². The van der Waals surface area contributed by atoms with Crippen LogP contribution in [0.4, 0.5) is 5.82 Å². The number of thiophene rings is 1. The molecule has 1 amide bonds. The summed E-state index contributed by atoms with van der Waals surface area (Å²) in [5, 5.41) is 5.99. The fraction of sp³-hybridized carbons (Fsp3) is 0.217. The third-order valence-electron chi connectivity index (χ3n) is 4.71. The molecule has 0 saturated carbocycles. The van der Waals surface area contributed by atoms with E-state index in [0.717, 1.165) is 33.6 Å². The van der Waals surface area contributed by atoms with Crippen LogP contribution in [0.5, 0.6) is 0 Å². The smallest absolute Gasteiger partial charge is 0.239 e. The molecule has 0 unspecified atom stereocenters. The number of benzene rings is 1. The zero-order valence-electron chi connectivity index (χ0n) is 17.0. The van der Waals surface area contributed by atoms with Gasteiger partial charge in [0.15, 0.2) is 5.82 Å². The van der Waals surface area contributed by atoms with E-state index in [4.69, 9.17) is 9.97 Å². The highest BCUT2D eigenvalue weighted by Gasteiger charge is 2.20. The first-order valence-corrected chi connectivity index (χ1v) is 10.8.